The SMILES string of the molecule is COc1ccccc1OCC(O)CN1CCN(CC(=O)Nc2c(C)cccc2C)CC1.O=C(O)C(O)C(O)C(=O)O. The molecule has 0 aromatic heterocycles. The Balaban J connectivity index is 0.000000503. The van der Waals surface area contributed by atoms with Gasteiger partial charge < -0.3 is 40.3 Å². The van der Waals surface area contributed by atoms with Crippen LogP contribution in [0.2, 0.25) is 0 Å². The molecule has 0 spiro atoms. The van der Waals surface area contributed by atoms with Crippen molar-refractivity contribution in [3.8, 4) is 11.5 Å². The maximum absolute atomic E-state index is 12.5. The zero-order chi connectivity index (χ0) is 30.5. The number of carbonyl (C=O) groups is 3. The Bertz CT molecular complexity index is 1120. The number of benzene rings is 2. The van der Waals surface area contributed by atoms with E-state index in [9.17, 15) is 19.5 Å². The monoisotopic (exact) mass is 577 g/mol. The van der Waals surface area contributed by atoms with Crippen molar-refractivity contribution in [2.75, 3.05) is 58.3 Å². The molecule has 0 bridgehead atoms. The molecule has 1 saturated heterocycles. The molecule has 13 heteroatoms. The molecule has 13 nitrogen and oxygen atoms in total. The first kappa shape index (κ1) is 33.5. The normalized spacial score (nSPS) is 16.0. The van der Waals surface area contributed by atoms with Gasteiger partial charge in [0.2, 0.25) is 5.91 Å². The van der Waals surface area contributed by atoms with Crippen LogP contribution in [-0.2, 0) is 14.4 Å². The summed E-state index contributed by atoms with van der Waals surface area (Å²) in [7, 11) is 1.60. The Labute approximate surface area is 238 Å². The Kier molecular flexibility index (Phi) is 13.5. The molecule has 2 aromatic rings. The third-order valence-corrected chi connectivity index (χ3v) is 6.35. The van der Waals surface area contributed by atoms with Crippen molar-refractivity contribution < 1.29 is 49.4 Å². The van der Waals surface area contributed by atoms with Gasteiger partial charge >= 0.3 is 11.9 Å². The maximum Gasteiger partial charge on any atom is 0.335 e. The van der Waals surface area contributed by atoms with Gasteiger partial charge in [-0.15, -0.1) is 0 Å². The van der Waals surface area contributed by atoms with Gasteiger partial charge in [-0.25, -0.2) is 9.59 Å². The van der Waals surface area contributed by atoms with Crippen LogP contribution in [0, 0.1) is 13.8 Å². The van der Waals surface area contributed by atoms with Crippen LogP contribution >= 0.6 is 0 Å². The van der Waals surface area contributed by atoms with Crippen molar-refractivity contribution in [1.29, 1.82) is 0 Å². The van der Waals surface area contributed by atoms with Crippen molar-refractivity contribution in [2.45, 2.75) is 32.2 Å². The van der Waals surface area contributed by atoms with Gasteiger partial charge in [0, 0.05) is 38.4 Å². The Morgan fingerprint density at radius 1 is 0.829 bits per heavy atom. The van der Waals surface area contributed by atoms with Gasteiger partial charge in [-0.2, -0.15) is 0 Å². The van der Waals surface area contributed by atoms with Gasteiger partial charge in [-0.05, 0) is 37.1 Å². The minimum atomic E-state index is -2.27. The molecule has 0 saturated carbocycles. The number of piperazine rings is 1. The largest absolute Gasteiger partial charge is 0.493 e. The van der Waals surface area contributed by atoms with Crippen molar-refractivity contribution in [1.82, 2.24) is 9.80 Å². The van der Waals surface area contributed by atoms with Crippen molar-refractivity contribution in [3.63, 3.8) is 0 Å². The zero-order valence-corrected chi connectivity index (χ0v) is 23.4. The van der Waals surface area contributed by atoms with Crippen LogP contribution in [-0.4, -0.2) is 124 Å². The van der Waals surface area contributed by atoms with E-state index in [1.807, 2.05) is 56.3 Å². The molecule has 3 unspecified atom stereocenters. The highest BCUT2D eigenvalue weighted by atomic mass is 16.5. The summed E-state index contributed by atoms with van der Waals surface area (Å²) < 4.78 is 11.0. The molecule has 3 atom stereocenters. The van der Waals surface area contributed by atoms with E-state index in [0.717, 1.165) is 43.0 Å². The summed E-state index contributed by atoms with van der Waals surface area (Å²) in [5.74, 6) is -2.24. The molecule has 41 heavy (non-hydrogen) atoms. The molecule has 6 N–H and O–H groups in total. The number of carbonyl (C=O) groups excluding carboxylic acids is 1. The van der Waals surface area contributed by atoms with E-state index in [4.69, 9.17) is 29.9 Å². The number of hydrogen-bond donors (Lipinski definition) is 6. The summed E-state index contributed by atoms with van der Waals surface area (Å²) in [6.45, 7) is 8.33. The number of nitrogens with zero attached hydrogens (tertiary/aromatic N) is 2. The van der Waals surface area contributed by atoms with Crippen molar-refractivity contribution in [3.05, 3.63) is 53.6 Å². The maximum atomic E-state index is 12.5. The van der Waals surface area contributed by atoms with Gasteiger partial charge in [-0.1, -0.05) is 30.3 Å². The first-order chi connectivity index (χ1) is 19.4. The van der Waals surface area contributed by atoms with Crippen LogP contribution in [0.25, 0.3) is 0 Å². The van der Waals surface area contributed by atoms with Gasteiger partial charge in [0.05, 0.1) is 13.7 Å². The van der Waals surface area contributed by atoms with Crippen LogP contribution < -0.4 is 14.8 Å². The molecule has 3 rings (SSSR count). The van der Waals surface area contributed by atoms with E-state index in [0.29, 0.717) is 24.6 Å². The first-order valence-corrected chi connectivity index (χ1v) is 13.0. The highest BCUT2D eigenvalue weighted by Gasteiger charge is 2.29. The van der Waals surface area contributed by atoms with Crippen LogP contribution in [0.3, 0.4) is 0 Å². The second-order valence-corrected chi connectivity index (χ2v) is 9.57. The topological polar surface area (TPSA) is 189 Å². The number of amides is 1. The molecule has 1 aliphatic heterocycles. The first-order valence-electron chi connectivity index (χ1n) is 13.0. The minimum Gasteiger partial charge on any atom is -0.493 e. The molecule has 2 aromatic carbocycles. The number of para-hydroxylation sites is 3. The van der Waals surface area contributed by atoms with Crippen LogP contribution in [0.1, 0.15) is 11.1 Å². The predicted octanol–water partition coefficient (Wildman–Crippen LogP) is 0.185. The Morgan fingerprint density at radius 2 is 1.34 bits per heavy atom. The van der Waals surface area contributed by atoms with Gasteiger partial charge in [0.1, 0.15) is 12.7 Å². The minimum absolute atomic E-state index is 0.0103. The smallest absolute Gasteiger partial charge is 0.335 e. The number of aliphatic hydroxyl groups is 3. The molecular formula is C28H39N3O10. The van der Waals surface area contributed by atoms with E-state index in [1.54, 1.807) is 7.11 Å². The van der Waals surface area contributed by atoms with E-state index in [1.165, 1.54) is 0 Å². The lowest BCUT2D eigenvalue weighted by molar-refractivity contribution is -0.165. The summed E-state index contributed by atoms with van der Waals surface area (Å²) in [4.78, 5) is 36.4. The number of nitrogens with one attached hydrogen (secondary N) is 1. The molecule has 1 amide bonds. The number of aliphatic hydroxyl groups excluding tert-OH is 3. The number of aliphatic carboxylic acids is 2. The number of aryl methyl sites for hydroxylation is 2. The van der Waals surface area contributed by atoms with Crippen LogP contribution in [0.15, 0.2) is 42.5 Å². The molecule has 0 radical (unpaired) electrons. The van der Waals surface area contributed by atoms with Crippen molar-refractivity contribution >= 4 is 23.5 Å². The molecule has 1 aliphatic rings. The fraction of sp³-hybridized carbons (Fsp3) is 0.464. The third kappa shape index (κ3) is 11.0. The van der Waals surface area contributed by atoms with Crippen molar-refractivity contribution in [2.24, 2.45) is 0 Å². The predicted molar refractivity (Wildman–Crippen MR) is 149 cm³/mol. The van der Waals surface area contributed by atoms with E-state index in [-0.39, 0.29) is 12.5 Å². The molecule has 1 heterocycles. The third-order valence-electron chi connectivity index (χ3n) is 6.35. The van der Waals surface area contributed by atoms with Gasteiger partial charge in [0.15, 0.2) is 23.7 Å². The average Bonchev–Trinajstić information content (AvgIpc) is 2.94. The summed E-state index contributed by atoms with van der Waals surface area (Å²) in [5, 5.41) is 45.9. The van der Waals surface area contributed by atoms with E-state index in [2.05, 4.69) is 15.1 Å². The summed E-state index contributed by atoms with van der Waals surface area (Å²) in [5.41, 5.74) is 3.05. The van der Waals surface area contributed by atoms with Crippen LogP contribution in [0.5, 0.6) is 11.5 Å². The molecule has 0 aliphatic carbocycles. The Hall–Kier alpha value is -3.75. The fourth-order valence-electron chi connectivity index (χ4n) is 4.07. The average molecular weight is 578 g/mol. The fourth-order valence-corrected chi connectivity index (χ4v) is 4.07. The summed E-state index contributed by atoms with van der Waals surface area (Å²) in [6.07, 6.45) is -5.13. The van der Waals surface area contributed by atoms with E-state index < -0.39 is 30.3 Å². The number of rotatable bonds is 12. The lowest BCUT2D eigenvalue weighted by Crippen LogP contribution is -2.50. The zero-order valence-electron chi connectivity index (χ0n) is 23.4. The standard InChI is InChI=1S/C24H33N3O4.C4H6O6/c1-18-7-6-8-19(2)24(18)25-23(29)16-27-13-11-26(12-14-27)15-20(28)17-31-22-10-5-4-9-21(22)30-3;5-1(3(7)8)2(6)4(9)10/h4-10,20,28H,11-17H2,1-3H3,(H,25,29);1-2,5-6H,(H,7,8)(H,9,10). The second kappa shape index (κ2) is 16.5. The molecular weight excluding hydrogens is 538 g/mol. The second-order valence-electron chi connectivity index (χ2n) is 9.57. The molecule has 1 fully saturated rings. The summed E-state index contributed by atoms with van der Waals surface area (Å²) >= 11 is 0. The van der Waals surface area contributed by atoms with Gasteiger partial charge in [0.25, 0.3) is 0 Å². The quantitative estimate of drug-likeness (QED) is 0.201. The number of anilines is 1. The highest BCUT2D eigenvalue weighted by molar-refractivity contribution is 5.93. The number of methoxy groups -OCH3 is 1. The number of ether oxygens (including phenoxy) is 2. The Morgan fingerprint density at radius 3 is 1.85 bits per heavy atom. The lowest BCUT2D eigenvalue weighted by atomic mass is 10.1. The van der Waals surface area contributed by atoms with Gasteiger partial charge in [-0.3, -0.25) is 14.6 Å². The highest BCUT2D eigenvalue weighted by Crippen LogP contribution is 2.26. The van der Waals surface area contributed by atoms with Crippen LogP contribution in [0.4, 0.5) is 5.69 Å². The summed E-state index contributed by atoms with van der Waals surface area (Å²) in [6, 6.07) is 13.4. The number of carboxylic acids is 2. The molecule has 226 valence electrons. The number of β-amino-alcohol motifs (C(OH)–C–C–N with tert-alkyl or cyclic N) is 1. The lowest BCUT2D eigenvalue weighted by Gasteiger charge is -2.35. The van der Waals surface area contributed by atoms with E-state index >= 15 is 0 Å². The number of carboxylic acid groups (broad SMARTS) is 2. The number of hydrogen-bond acceptors (Lipinski definition) is 10.